The summed E-state index contributed by atoms with van der Waals surface area (Å²) in [6.07, 6.45) is -0.275. The number of nitrogens with zero attached hydrogens (tertiary/aromatic N) is 1. The Balaban J connectivity index is 1.86. The number of benzene rings is 2. The molecule has 1 fully saturated rings. The maximum absolute atomic E-state index is 13.2. The van der Waals surface area contributed by atoms with Crippen LogP contribution in [-0.2, 0) is 4.74 Å². The molecule has 0 bridgehead atoms. The molecule has 0 aromatic heterocycles. The summed E-state index contributed by atoms with van der Waals surface area (Å²) in [5.41, 5.74) is 1.00. The summed E-state index contributed by atoms with van der Waals surface area (Å²) >= 11 is 0. The van der Waals surface area contributed by atoms with Gasteiger partial charge < -0.3 is 14.4 Å². The number of amides is 1. The fourth-order valence-electron chi connectivity index (χ4n) is 3.00. The van der Waals surface area contributed by atoms with E-state index in [1.54, 1.807) is 37.4 Å². The minimum atomic E-state index is -0.434. The van der Waals surface area contributed by atoms with E-state index in [0.29, 0.717) is 24.5 Å². The van der Waals surface area contributed by atoms with Gasteiger partial charge in [-0.15, -0.1) is 0 Å². The van der Waals surface area contributed by atoms with Crippen LogP contribution < -0.4 is 4.74 Å². The normalized spacial score (nSPS) is 19.5. The van der Waals surface area contributed by atoms with Gasteiger partial charge in [0.25, 0.3) is 5.91 Å². The first-order valence-corrected chi connectivity index (χ1v) is 8.24. The van der Waals surface area contributed by atoms with Crippen LogP contribution in [0.15, 0.2) is 48.5 Å². The van der Waals surface area contributed by atoms with Crippen molar-refractivity contribution in [3.63, 3.8) is 0 Å². The lowest BCUT2D eigenvalue weighted by atomic mass is 9.96. The fraction of sp³-hybridized carbons (Fsp3) is 0.350. The Bertz CT molecular complexity index is 758. The van der Waals surface area contributed by atoms with Gasteiger partial charge in [-0.05, 0) is 49.7 Å². The van der Waals surface area contributed by atoms with Crippen molar-refractivity contribution >= 4 is 5.91 Å². The van der Waals surface area contributed by atoms with Crippen molar-refractivity contribution in [1.29, 1.82) is 0 Å². The maximum atomic E-state index is 13.2. The lowest BCUT2D eigenvalue weighted by Crippen LogP contribution is -2.56. The largest absolute Gasteiger partial charge is 0.497 e. The van der Waals surface area contributed by atoms with Crippen molar-refractivity contribution in [2.75, 3.05) is 20.3 Å². The second kappa shape index (κ2) is 6.84. The molecule has 25 heavy (non-hydrogen) atoms. The summed E-state index contributed by atoms with van der Waals surface area (Å²) in [6.45, 7) is 4.78. The molecule has 0 spiro atoms. The Kier molecular flexibility index (Phi) is 4.77. The first-order valence-electron chi connectivity index (χ1n) is 8.24. The van der Waals surface area contributed by atoms with Gasteiger partial charge >= 0.3 is 0 Å². The van der Waals surface area contributed by atoms with Gasteiger partial charge in [0, 0.05) is 5.56 Å². The molecule has 1 unspecified atom stereocenters. The molecule has 3 rings (SSSR count). The van der Waals surface area contributed by atoms with Crippen LogP contribution in [-0.4, -0.2) is 36.6 Å². The van der Waals surface area contributed by atoms with Gasteiger partial charge in [0.1, 0.15) is 17.7 Å². The number of carbonyl (C=O) groups excluding carboxylic acids is 1. The van der Waals surface area contributed by atoms with Crippen LogP contribution in [0.25, 0.3) is 0 Å². The van der Waals surface area contributed by atoms with Crippen molar-refractivity contribution in [3.05, 3.63) is 65.5 Å². The smallest absolute Gasteiger partial charge is 0.254 e. The molecule has 2 aromatic carbocycles. The Morgan fingerprint density at radius 3 is 2.64 bits per heavy atom. The van der Waals surface area contributed by atoms with E-state index in [9.17, 15) is 9.18 Å². The summed E-state index contributed by atoms with van der Waals surface area (Å²) < 4.78 is 24.3. The topological polar surface area (TPSA) is 38.8 Å². The average Bonchev–Trinajstić information content (AvgIpc) is 2.62. The summed E-state index contributed by atoms with van der Waals surface area (Å²) in [6, 6.07) is 13.3. The Labute approximate surface area is 147 Å². The lowest BCUT2D eigenvalue weighted by molar-refractivity contribution is -0.0846. The lowest BCUT2D eigenvalue weighted by Gasteiger charge is -2.45. The molecule has 4 nitrogen and oxygen atoms in total. The Morgan fingerprint density at radius 1 is 1.24 bits per heavy atom. The van der Waals surface area contributed by atoms with Crippen molar-refractivity contribution in [3.8, 4) is 5.75 Å². The molecular formula is C20H22FNO3. The van der Waals surface area contributed by atoms with Gasteiger partial charge in [0.15, 0.2) is 0 Å². The monoisotopic (exact) mass is 343 g/mol. The molecule has 0 radical (unpaired) electrons. The predicted octanol–water partition coefficient (Wildman–Crippen LogP) is 3.83. The van der Waals surface area contributed by atoms with Crippen molar-refractivity contribution < 1.29 is 18.7 Å². The highest BCUT2D eigenvalue weighted by Crippen LogP contribution is 2.32. The first kappa shape index (κ1) is 17.4. The van der Waals surface area contributed by atoms with Crippen molar-refractivity contribution in [2.45, 2.75) is 25.5 Å². The van der Waals surface area contributed by atoms with Crippen LogP contribution in [0.4, 0.5) is 4.39 Å². The van der Waals surface area contributed by atoms with E-state index in [-0.39, 0.29) is 17.8 Å². The van der Waals surface area contributed by atoms with E-state index < -0.39 is 5.54 Å². The van der Waals surface area contributed by atoms with Crippen LogP contribution >= 0.6 is 0 Å². The summed E-state index contributed by atoms with van der Waals surface area (Å²) in [7, 11) is 1.58. The van der Waals surface area contributed by atoms with E-state index in [1.807, 2.05) is 24.8 Å². The molecule has 1 amide bonds. The van der Waals surface area contributed by atoms with E-state index in [2.05, 4.69) is 0 Å². The summed E-state index contributed by atoms with van der Waals surface area (Å²) in [5.74, 6) is 0.288. The van der Waals surface area contributed by atoms with Crippen LogP contribution in [0.3, 0.4) is 0 Å². The van der Waals surface area contributed by atoms with E-state index in [4.69, 9.17) is 9.47 Å². The zero-order chi connectivity index (χ0) is 18.0. The van der Waals surface area contributed by atoms with Gasteiger partial charge in [0.2, 0.25) is 0 Å². The van der Waals surface area contributed by atoms with Gasteiger partial charge in [-0.25, -0.2) is 4.39 Å². The zero-order valence-electron chi connectivity index (χ0n) is 14.7. The van der Waals surface area contributed by atoms with Crippen molar-refractivity contribution in [1.82, 2.24) is 4.90 Å². The number of hydrogen-bond acceptors (Lipinski definition) is 3. The molecule has 1 saturated heterocycles. The maximum Gasteiger partial charge on any atom is 0.254 e. The average molecular weight is 343 g/mol. The van der Waals surface area contributed by atoms with Gasteiger partial charge in [-0.3, -0.25) is 4.79 Å². The highest BCUT2D eigenvalue weighted by molar-refractivity contribution is 5.95. The molecule has 1 aliphatic rings. The van der Waals surface area contributed by atoms with E-state index in [0.717, 1.165) is 5.56 Å². The fourth-order valence-corrected chi connectivity index (χ4v) is 3.00. The highest BCUT2D eigenvalue weighted by atomic mass is 19.1. The van der Waals surface area contributed by atoms with E-state index >= 15 is 0 Å². The Morgan fingerprint density at radius 2 is 1.96 bits per heavy atom. The molecular weight excluding hydrogens is 321 g/mol. The molecule has 0 N–H and O–H groups in total. The van der Waals surface area contributed by atoms with Crippen LogP contribution in [0.2, 0.25) is 0 Å². The molecule has 0 saturated carbocycles. The number of methoxy groups -OCH3 is 1. The third-order valence-corrected chi connectivity index (χ3v) is 4.52. The molecule has 132 valence electrons. The molecule has 2 aromatic rings. The second-order valence-electron chi connectivity index (χ2n) is 6.81. The molecule has 5 heteroatoms. The molecule has 1 atom stereocenters. The number of carbonyl (C=O) groups is 1. The number of ether oxygens (including phenoxy) is 2. The van der Waals surface area contributed by atoms with Crippen LogP contribution in [0.1, 0.15) is 35.9 Å². The molecule has 1 heterocycles. The molecule has 0 aliphatic carbocycles. The quantitative estimate of drug-likeness (QED) is 0.850. The number of morpholine rings is 1. The number of rotatable bonds is 3. The summed E-state index contributed by atoms with van der Waals surface area (Å²) in [5, 5.41) is 0. The predicted molar refractivity (Wildman–Crippen MR) is 93.2 cm³/mol. The summed E-state index contributed by atoms with van der Waals surface area (Å²) in [4.78, 5) is 14.9. The third kappa shape index (κ3) is 3.66. The van der Waals surface area contributed by atoms with Gasteiger partial charge in [-0.1, -0.05) is 18.2 Å². The van der Waals surface area contributed by atoms with Crippen LogP contribution in [0.5, 0.6) is 5.75 Å². The van der Waals surface area contributed by atoms with Crippen molar-refractivity contribution in [2.24, 2.45) is 0 Å². The van der Waals surface area contributed by atoms with Gasteiger partial charge in [0.05, 0.1) is 25.8 Å². The second-order valence-corrected chi connectivity index (χ2v) is 6.81. The van der Waals surface area contributed by atoms with Gasteiger partial charge in [-0.2, -0.15) is 0 Å². The SMILES string of the molecule is COc1cccc(C(=O)N2CC(c3ccc(F)cc3)OCC2(C)C)c1. The van der Waals surface area contributed by atoms with Crippen LogP contribution in [0, 0.1) is 5.82 Å². The molecule has 1 aliphatic heterocycles. The minimum Gasteiger partial charge on any atom is -0.497 e. The minimum absolute atomic E-state index is 0.0701. The number of halogens is 1. The standard InChI is InChI=1S/C20H22FNO3/c1-20(2)13-25-18(14-7-9-16(21)10-8-14)12-22(20)19(23)15-5-4-6-17(11-15)24-3/h4-11,18H,12-13H2,1-3H3. The highest BCUT2D eigenvalue weighted by Gasteiger charge is 2.39. The third-order valence-electron chi connectivity index (χ3n) is 4.52. The zero-order valence-corrected chi connectivity index (χ0v) is 14.7. The first-order chi connectivity index (χ1) is 11.9. The number of hydrogen-bond donors (Lipinski definition) is 0. The Hall–Kier alpha value is -2.40. The van der Waals surface area contributed by atoms with E-state index in [1.165, 1.54) is 12.1 Å².